The molecule has 0 radical (unpaired) electrons. The maximum Gasteiger partial charge on any atom is 0.239 e. The zero-order chi connectivity index (χ0) is 14.4. The summed E-state index contributed by atoms with van der Waals surface area (Å²) < 4.78 is 0. The highest BCUT2D eigenvalue weighted by Gasteiger charge is 2.13. The number of carbonyl (C=O) groups excluding carboxylic acids is 1. The number of hydrogen-bond acceptors (Lipinski definition) is 4. The van der Waals surface area contributed by atoms with Crippen LogP contribution >= 0.6 is 0 Å². The van der Waals surface area contributed by atoms with Crippen molar-refractivity contribution < 1.29 is 9.90 Å². The topological polar surface area (TPSA) is 65.5 Å². The number of anilines is 1. The van der Waals surface area contributed by atoms with Crippen molar-refractivity contribution in [2.24, 2.45) is 0 Å². The molecule has 1 aromatic rings. The van der Waals surface area contributed by atoms with Gasteiger partial charge in [-0.3, -0.25) is 4.79 Å². The molecule has 106 valence electrons. The van der Waals surface area contributed by atoms with Crippen LogP contribution in [-0.2, 0) is 4.79 Å². The van der Waals surface area contributed by atoms with Gasteiger partial charge in [0.25, 0.3) is 0 Å². The van der Waals surface area contributed by atoms with E-state index in [4.69, 9.17) is 0 Å². The van der Waals surface area contributed by atoms with Crippen molar-refractivity contribution in [3.05, 3.63) is 23.9 Å². The fourth-order valence-electron chi connectivity index (χ4n) is 1.76. The molecule has 2 N–H and O–H groups in total. The average molecular weight is 265 g/mol. The molecule has 1 rings (SSSR count). The summed E-state index contributed by atoms with van der Waals surface area (Å²) >= 11 is 0. The summed E-state index contributed by atoms with van der Waals surface area (Å²) in [4.78, 5) is 17.9. The van der Waals surface area contributed by atoms with Gasteiger partial charge < -0.3 is 15.3 Å². The minimum absolute atomic E-state index is 0.0268. The summed E-state index contributed by atoms with van der Waals surface area (Å²) in [5.41, 5.74) is 0.799. The molecule has 0 bridgehead atoms. The molecule has 1 aromatic heterocycles. The van der Waals surface area contributed by atoms with Crippen LogP contribution in [0.1, 0.15) is 39.4 Å². The third-order valence-corrected chi connectivity index (χ3v) is 2.74. The van der Waals surface area contributed by atoms with E-state index in [0.717, 1.165) is 5.56 Å². The average Bonchev–Trinajstić information content (AvgIpc) is 2.35. The molecule has 1 atom stereocenters. The zero-order valence-electron chi connectivity index (χ0n) is 12.1. The molecular formula is C14H23N3O2. The Bertz CT molecular complexity index is 419. The van der Waals surface area contributed by atoms with Crippen molar-refractivity contribution in [2.75, 3.05) is 18.0 Å². The Morgan fingerprint density at radius 3 is 2.68 bits per heavy atom. The van der Waals surface area contributed by atoms with Crippen LogP contribution in [0.2, 0.25) is 0 Å². The molecule has 0 aliphatic heterocycles. The van der Waals surface area contributed by atoms with Gasteiger partial charge in [0.15, 0.2) is 0 Å². The second-order valence-corrected chi connectivity index (χ2v) is 4.86. The number of carbonyl (C=O) groups is 1. The molecule has 0 fully saturated rings. The first-order chi connectivity index (χ1) is 8.93. The normalized spacial score (nSPS) is 12.3. The Hall–Kier alpha value is -1.62. The van der Waals surface area contributed by atoms with E-state index in [2.05, 4.69) is 10.3 Å². The van der Waals surface area contributed by atoms with E-state index in [1.165, 1.54) is 0 Å². The van der Waals surface area contributed by atoms with E-state index < -0.39 is 6.10 Å². The molecule has 0 aliphatic rings. The molecule has 0 saturated carbocycles. The van der Waals surface area contributed by atoms with Crippen LogP contribution in [0, 0.1) is 0 Å². The molecule has 5 nitrogen and oxygen atoms in total. The first-order valence-electron chi connectivity index (χ1n) is 6.62. The highest BCUT2D eigenvalue weighted by atomic mass is 16.3. The van der Waals surface area contributed by atoms with Gasteiger partial charge in [-0.2, -0.15) is 0 Å². The number of amides is 1. The van der Waals surface area contributed by atoms with Gasteiger partial charge in [0.2, 0.25) is 5.91 Å². The SMILES string of the molecule is CCN(CC(=O)NC(C)C)c1cc([C@H](C)O)ccn1. The number of aliphatic hydroxyl groups is 1. The fraction of sp³-hybridized carbons (Fsp3) is 0.571. The molecule has 19 heavy (non-hydrogen) atoms. The number of pyridine rings is 1. The standard InChI is InChI=1S/C14H23N3O2/c1-5-17(9-14(19)16-10(2)3)13-8-12(11(4)18)6-7-15-13/h6-8,10-11,18H,5,9H2,1-4H3,(H,16,19)/t11-/m0/s1. The van der Waals surface area contributed by atoms with Crippen LogP contribution in [0.25, 0.3) is 0 Å². The minimum atomic E-state index is -0.537. The van der Waals surface area contributed by atoms with E-state index in [1.807, 2.05) is 31.7 Å². The lowest BCUT2D eigenvalue weighted by Gasteiger charge is -2.22. The van der Waals surface area contributed by atoms with E-state index in [-0.39, 0.29) is 18.5 Å². The summed E-state index contributed by atoms with van der Waals surface area (Å²) in [7, 11) is 0. The first-order valence-corrected chi connectivity index (χ1v) is 6.62. The van der Waals surface area contributed by atoms with Crippen LogP contribution in [0.3, 0.4) is 0 Å². The highest BCUT2D eigenvalue weighted by Crippen LogP contribution is 2.17. The fourth-order valence-corrected chi connectivity index (χ4v) is 1.76. The zero-order valence-corrected chi connectivity index (χ0v) is 12.1. The number of rotatable bonds is 6. The molecule has 1 amide bonds. The number of aromatic nitrogens is 1. The lowest BCUT2D eigenvalue weighted by molar-refractivity contribution is -0.120. The van der Waals surface area contributed by atoms with Crippen LogP contribution < -0.4 is 10.2 Å². The number of hydrogen-bond donors (Lipinski definition) is 2. The van der Waals surface area contributed by atoms with Crippen LogP contribution in [-0.4, -0.2) is 35.1 Å². The predicted octanol–water partition coefficient (Wildman–Crippen LogP) is 1.49. The summed E-state index contributed by atoms with van der Waals surface area (Å²) in [5, 5.41) is 12.4. The van der Waals surface area contributed by atoms with Gasteiger partial charge in [-0.1, -0.05) is 0 Å². The molecule has 1 heterocycles. The summed E-state index contributed by atoms with van der Waals surface area (Å²) in [6.07, 6.45) is 1.12. The van der Waals surface area contributed by atoms with Crippen molar-refractivity contribution in [1.82, 2.24) is 10.3 Å². The maximum atomic E-state index is 11.8. The van der Waals surface area contributed by atoms with Crippen molar-refractivity contribution in [3.8, 4) is 0 Å². The largest absolute Gasteiger partial charge is 0.389 e. The summed E-state index contributed by atoms with van der Waals surface area (Å²) in [6.45, 7) is 8.49. The van der Waals surface area contributed by atoms with Crippen molar-refractivity contribution >= 4 is 11.7 Å². The molecule has 0 saturated heterocycles. The summed E-state index contributed by atoms with van der Waals surface area (Å²) in [6, 6.07) is 3.72. The highest BCUT2D eigenvalue weighted by molar-refractivity contribution is 5.81. The van der Waals surface area contributed by atoms with Gasteiger partial charge in [-0.05, 0) is 45.4 Å². The lowest BCUT2D eigenvalue weighted by Crippen LogP contribution is -2.40. The monoisotopic (exact) mass is 265 g/mol. The molecule has 0 unspecified atom stereocenters. The number of aliphatic hydroxyl groups excluding tert-OH is 1. The molecular weight excluding hydrogens is 242 g/mol. The Morgan fingerprint density at radius 1 is 1.47 bits per heavy atom. The van der Waals surface area contributed by atoms with E-state index in [1.54, 1.807) is 19.2 Å². The Kier molecular flexibility index (Phi) is 5.76. The van der Waals surface area contributed by atoms with E-state index >= 15 is 0 Å². The molecule has 0 aliphatic carbocycles. The first kappa shape index (κ1) is 15.4. The van der Waals surface area contributed by atoms with Gasteiger partial charge >= 0.3 is 0 Å². The van der Waals surface area contributed by atoms with E-state index in [0.29, 0.717) is 12.4 Å². The van der Waals surface area contributed by atoms with Gasteiger partial charge in [0, 0.05) is 18.8 Å². The smallest absolute Gasteiger partial charge is 0.239 e. The van der Waals surface area contributed by atoms with Gasteiger partial charge in [0.05, 0.1) is 12.6 Å². The molecule has 0 aromatic carbocycles. The van der Waals surface area contributed by atoms with E-state index in [9.17, 15) is 9.90 Å². The number of nitrogens with zero attached hydrogens (tertiary/aromatic N) is 2. The minimum Gasteiger partial charge on any atom is -0.389 e. The molecule has 0 spiro atoms. The Balaban J connectivity index is 2.79. The quantitative estimate of drug-likeness (QED) is 0.818. The second-order valence-electron chi connectivity index (χ2n) is 4.86. The van der Waals surface area contributed by atoms with Crippen molar-refractivity contribution in [1.29, 1.82) is 0 Å². The maximum absolute atomic E-state index is 11.8. The van der Waals surface area contributed by atoms with Crippen molar-refractivity contribution in [2.45, 2.75) is 39.8 Å². The summed E-state index contributed by atoms with van der Waals surface area (Å²) in [5.74, 6) is 0.681. The Morgan fingerprint density at radius 2 is 2.16 bits per heavy atom. The number of nitrogens with one attached hydrogen (secondary N) is 1. The lowest BCUT2D eigenvalue weighted by atomic mass is 10.1. The predicted molar refractivity (Wildman–Crippen MR) is 76.0 cm³/mol. The Labute approximate surface area is 114 Å². The van der Waals surface area contributed by atoms with Gasteiger partial charge in [0.1, 0.15) is 5.82 Å². The van der Waals surface area contributed by atoms with Gasteiger partial charge in [-0.15, -0.1) is 0 Å². The second kappa shape index (κ2) is 7.09. The van der Waals surface area contributed by atoms with Crippen LogP contribution in [0.5, 0.6) is 0 Å². The third kappa shape index (κ3) is 4.87. The molecule has 5 heteroatoms. The van der Waals surface area contributed by atoms with Crippen molar-refractivity contribution in [3.63, 3.8) is 0 Å². The van der Waals surface area contributed by atoms with Crippen LogP contribution in [0.15, 0.2) is 18.3 Å². The number of likely N-dealkylation sites (N-methyl/N-ethyl adjacent to an activating group) is 1. The third-order valence-electron chi connectivity index (χ3n) is 2.74. The van der Waals surface area contributed by atoms with Gasteiger partial charge in [-0.25, -0.2) is 4.98 Å². The van der Waals surface area contributed by atoms with Crippen LogP contribution in [0.4, 0.5) is 5.82 Å².